The predicted octanol–water partition coefficient (Wildman–Crippen LogP) is 5.40. The molecular formula is C17H18Cl2IN3OS. The van der Waals surface area contributed by atoms with E-state index in [1.54, 1.807) is 18.2 Å². The Morgan fingerprint density at radius 2 is 1.80 bits per heavy atom. The number of ether oxygens (including phenoxy) is 1. The Kier molecular flexibility index (Phi) is 7.99. The van der Waals surface area contributed by atoms with Crippen LogP contribution in [0.4, 0.5) is 5.69 Å². The molecule has 0 atom stereocenters. The van der Waals surface area contributed by atoms with Crippen LogP contribution in [-0.4, -0.2) is 35.5 Å². The molecule has 3 rings (SSSR count). The molecule has 1 heterocycles. The molecule has 1 aliphatic rings. The minimum absolute atomic E-state index is 0. The summed E-state index contributed by atoms with van der Waals surface area (Å²) < 4.78 is 5.91. The molecule has 8 heteroatoms. The van der Waals surface area contributed by atoms with Gasteiger partial charge in [0.1, 0.15) is 11.4 Å². The zero-order valence-corrected chi connectivity index (χ0v) is 18.0. The number of para-hydroxylation sites is 2. The fourth-order valence-electron chi connectivity index (χ4n) is 2.30. The molecule has 0 bridgehead atoms. The third-order valence-corrected chi connectivity index (χ3v) is 5.02. The van der Waals surface area contributed by atoms with Crippen LogP contribution in [0, 0.1) is 0 Å². The molecular weight excluding hydrogens is 492 g/mol. The van der Waals surface area contributed by atoms with E-state index in [0.29, 0.717) is 33.2 Å². The van der Waals surface area contributed by atoms with Gasteiger partial charge in [0.2, 0.25) is 0 Å². The SMILES string of the molecule is I.NC(=Nc1ccccc1Oc1ccc(Cl)cc1Cl)N1CCSCC1. The van der Waals surface area contributed by atoms with E-state index in [2.05, 4.69) is 9.89 Å². The summed E-state index contributed by atoms with van der Waals surface area (Å²) in [6.07, 6.45) is 0. The van der Waals surface area contributed by atoms with Gasteiger partial charge in [-0.1, -0.05) is 35.3 Å². The molecule has 0 spiro atoms. The van der Waals surface area contributed by atoms with Gasteiger partial charge in [-0.25, -0.2) is 4.99 Å². The largest absolute Gasteiger partial charge is 0.454 e. The lowest BCUT2D eigenvalue weighted by Gasteiger charge is -2.27. The number of rotatable bonds is 3. The summed E-state index contributed by atoms with van der Waals surface area (Å²) in [5.74, 6) is 3.75. The highest BCUT2D eigenvalue weighted by atomic mass is 127. The fourth-order valence-corrected chi connectivity index (χ4v) is 3.65. The molecule has 0 aromatic heterocycles. The van der Waals surface area contributed by atoms with Gasteiger partial charge in [-0.15, -0.1) is 24.0 Å². The Bertz CT molecular complexity index is 754. The summed E-state index contributed by atoms with van der Waals surface area (Å²) in [6, 6.07) is 12.6. The first-order valence-electron chi connectivity index (χ1n) is 7.52. The van der Waals surface area contributed by atoms with Crippen LogP contribution in [0.5, 0.6) is 11.5 Å². The molecule has 0 amide bonds. The molecule has 0 radical (unpaired) electrons. The predicted molar refractivity (Wildman–Crippen MR) is 119 cm³/mol. The molecule has 1 fully saturated rings. The van der Waals surface area contributed by atoms with E-state index < -0.39 is 0 Å². The maximum absolute atomic E-state index is 6.18. The van der Waals surface area contributed by atoms with Crippen molar-refractivity contribution in [3.63, 3.8) is 0 Å². The van der Waals surface area contributed by atoms with Crippen LogP contribution in [0.25, 0.3) is 0 Å². The van der Waals surface area contributed by atoms with E-state index in [9.17, 15) is 0 Å². The van der Waals surface area contributed by atoms with Crippen molar-refractivity contribution in [1.82, 2.24) is 4.90 Å². The lowest BCUT2D eigenvalue weighted by Crippen LogP contribution is -2.42. The summed E-state index contributed by atoms with van der Waals surface area (Å²) in [5.41, 5.74) is 6.83. The maximum Gasteiger partial charge on any atom is 0.196 e. The molecule has 4 nitrogen and oxygen atoms in total. The first kappa shape index (κ1) is 20.5. The quantitative estimate of drug-likeness (QED) is 0.342. The average Bonchev–Trinajstić information content (AvgIpc) is 2.59. The van der Waals surface area contributed by atoms with E-state index in [1.807, 2.05) is 36.0 Å². The minimum Gasteiger partial charge on any atom is -0.454 e. The van der Waals surface area contributed by atoms with Crippen molar-refractivity contribution in [3.05, 3.63) is 52.5 Å². The van der Waals surface area contributed by atoms with Gasteiger partial charge >= 0.3 is 0 Å². The van der Waals surface area contributed by atoms with Crippen molar-refractivity contribution < 1.29 is 4.74 Å². The normalized spacial score (nSPS) is 14.8. The van der Waals surface area contributed by atoms with Gasteiger partial charge in [-0.3, -0.25) is 0 Å². The standard InChI is InChI=1S/C17H17Cl2N3OS.HI/c18-12-5-6-15(13(19)11-12)23-16-4-2-1-3-14(16)21-17(20)22-7-9-24-10-8-22;/h1-6,11H,7-10H2,(H2,20,21);1H. The molecule has 0 saturated carbocycles. The summed E-state index contributed by atoms with van der Waals surface area (Å²) in [5, 5.41) is 1.01. The van der Waals surface area contributed by atoms with Crippen molar-refractivity contribution in [2.24, 2.45) is 10.7 Å². The Hall–Kier alpha value is -0.830. The van der Waals surface area contributed by atoms with Crippen molar-refractivity contribution in [3.8, 4) is 11.5 Å². The third-order valence-electron chi connectivity index (χ3n) is 3.55. The molecule has 2 aromatic rings. The Balaban J connectivity index is 0.00000225. The second-order valence-electron chi connectivity index (χ2n) is 5.21. The van der Waals surface area contributed by atoms with Crippen molar-refractivity contribution >= 4 is 70.6 Å². The van der Waals surface area contributed by atoms with Crippen molar-refractivity contribution in [2.45, 2.75) is 0 Å². The van der Waals surface area contributed by atoms with Gasteiger partial charge < -0.3 is 15.4 Å². The number of guanidine groups is 1. The average molecular weight is 510 g/mol. The number of nitrogens with zero attached hydrogens (tertiary/aromatic N) is 2. The topological polar surface area (TPSA) is 50.9 Å². The van der Waals surface area contributed by atoms with Crippen LogP contribution < -0.4 is 10.5 Å². The zero-order valence-electron chi connectivity index (χ0n) is 13.3. The number of thioether (sulfide) groups is 1. The first-order chi connectivity index (χ1) is 11.6. The highest BCUT2D eigenvalue weighted by Gasteiger charge is 2.14. The monoisotopic (exact) mass is 509 g/mol. The van der Waals surface area contributed by atoms with Gasteiger partial charge in [0.05, 0.1) is 5.02 Å². The highest BCUT2D eigenvalue weighted by molar-refractivity contribution is 14.0. The van der Waals surface area contributed by atoms with Crippen LogP contribution in [0.3, 0.4) is 0 Å². The lowest BCUT2D eigenvalue weighted by atomic mass is 10.3. The summed E-state index contributed by atoms with van der Waals surface area (Å²) in [7, 11) is 0. The van der Waals surface area contributed by atoms with E-state index in [-0.39, 0.29) is 24.0 Å². The van der Waals surface area contributed by atoms with E-state index in [4.69, 9.17) is 33.7 Å². The Morgan fingerprint density at radius 3 is 2.52 bits per heavy atom. The van der Waals surface area contributed by atoms with Gasteiger partial charge in [0, 0.05) is 29.6 Å². The summed E-state index contributed by atoms with van der Waals surface area (Å²) in [6.45, 7) is 1.82. The number of aliphatic imine (C=N–C) groups is 1. The number of benzene rings is 2. The summed E-state index contributed by atoms with van der Waals surface area (Å²) in [4.78, 5) is 6.63. The third kappa shape index (κ3) is 5.57. The first-order valence-corrected chi connectivity index (χ1v) is 9.43. The van der Waals surface area contributed by atoms with E-state index in [1.165, 1.54) is 0 Å². The summed E-state index contributed by atoms with van der Waals surface area (Å²) >= 11 is 14.0. The fraction of sp³-hybridized carbons (Fsp3) is 0.235. The van der Waals surface area contributed by atoms with Crippen LogP contribution in [0.1, 0.15) is 0 Å². The number of nitrogens with two attached hydrogens (primary N) is 1. The molecule has 1 aliphatic heterocycles. The number of hydrogen-bond donors (Lipinski definition) is 1. The second kappa shape index (κ2) is 9.75. The molecule has 2 N–H and O–H groups in total. The zero-order chi connectivity index (χ0) is 16.9. The highest BCUT2D eigenvalue weighted by Crippen LogP contribution is 2.36. The molecule has 0 unspecified atom stereocenters. The Labute approximate surface area is 178 Å². The van der Waals surface area contributed by atoms with Crippen LogP contribution >= 0.6 is 58.9 Å². The van der Waals surface area contributed by atoms with Gasteiger partial charge in [0.25, 0.3) is 0 Å². The van der Waals surface area contributed by atoms with Crippen molar-refractivity contribution in [1.29, 1.82) is 0 Å². The van der Waals surface area contributed by atoms with Gasteiger partial charge in [0.15, 0.2) is 11.7 Å². The minimum atomic E-state index is 0. The van der Waals surface area contributed by atoms with Crippen LogP contribution in [-0.2, 0) is 0 Å². The number of halogens is 3. The molecule has 1 saturated heterocycles. The molecule has 134 valence electrons. The van der Waals surface area contributed by atoms with Gasteiger partial charge in [-0.2, -0.15) is 11.8 Å². The van der Waals surface area contributed by atoms with Crippen LogP contribution in [0.2, 0.25) is 10.0 Å². The van der Waals surface area contributed by atoms with E-state index in [0.717, 1.165) is 24.6 Å². The molecule has 25 heavy (non-hydrogen) atoms. The molecule has 2 aromatic carbocycles. The molecule has 0 aliphatic carbocycles. The maximum atomic E-state index is 6.18. The van der Waals surface area contributed by atoms with Crippen molar-refractivity contribution in [2.75, 3.05) is 24.6 Å². The van der Waals surface area contributed by atoms with Gasteiger partial charge in [-0.05, 0) is 30.3 Å². The Morgan fingerprint density at radius 1 is 1.08 bits per heavy atom. The second-order valence-corrected chi connectivity index (χ2v) is 7.28. The smallest absolute Gasteiger partial charge is 0.196 e. The van der Waals surface area contributed by atoms with Crippen LogP contribution in [0.15, 0.2) is 47.5 Å². The van der Waals surface area contributed by atoms with E-state index >= 15 is 0 Å². The lowest BCUT2D eigenvalue weighted by molar-refractivity contribution is 0.457. The number of hydrogen-bond acceptors (Lipinski definition) is 3.